The molecule has 9 nitrogen and oxygen atoms in total. The van der Waals surface area contributed by atoms with Gasteiger partial charge in [0.15, 0.2) is 11.5 Å². The van der Waals surface area contributed by atoms with Crippen LogP contribution < -0.4 is 9.47 Å². The summed E-state index contributed by atoms with van der Waals surface area (Å²) >= 11 is 0. The number of phenols is 1. The van der Waals surface area contributed by atoms with Crippen molar-refractivity contribution in [2.24, 2.45) is 0 Å². The van der Waals surface area contributed by atoms with E-state index in [1.165, 1.54) is 18.1 Å². The number of aliphatic hydroxyl groups excluding tert-OH is 1. The Labute approximate surface area is 209 Å². The number of Topliss-reactive ketones (excluding diaryl/α,β-unsaturated/α-hetero) is 1. The van der Waals surface area contributed by atoms with Gasteiger partial charge < -0.3 is 29.3 Å². The van der Waals surface area contributed by atoms with Crippen LogP contribution in [-0.2, 0) is 14.3 Å². The van der Waals surface area contributed by atoms with E-state index >= 15 is 0 Å². The molecule has 4 rings (SSSR count). The van der Waals surface area contributed by atoms with Crippen molar-refractivity contribution in [1.29, 1.82) is 0 Å². The number of nitrogens with zero attached hydrogens (tertiary/aromatic N) is 2. The molecule has 2 aliphatic rings. The number of phenolic OH excluding ortho intramolecular Hbond substituents is 1. The zero-order chi connectivity index (χ0) is 25.7. The first-order valence-corrected chi connectivity index (χ1v) is 11.7. The quantitative estimate of drug-likeness (QED) is 0.237. The lowest BCUT2D eigenvalue weighted by Crippen LogP contribution is -2.42. The summed E-state index contributed by atoms with van der Waals surface area (Å²) in [4.78, 5) is 30.1. The van der Waals surface area contributed by atoms with E-state index in [2.05, 4.69) is 11.5 Å². The van der Waals surface area contributed by atoms with Gasteiger partial charge in [0.1, 0.15) is 18.1 Å². The van der Waals surface area contributed by atoms with E-state index in [0.717, 1.165) is 13.1 Å². The second-order valence-corrected chi connectivity index (χ2v) is 8.50. The van der Waals surface area contributed by atoms with Crippen LogP contribution in [0.2, 0.25) is 0 Å². The first-order chi connectivity index (χ1) is 17.4. The number of aromatic hydroxyl groups is 1. The summed E-state index contributed by atoms with van der Waals surface area (Å²) in [6.07, 6.45) is 1.62. The molecule has 0 radical (unpaired) electrons. The lowest BCUT2D eigenvalue weighted by molar-refractivity contribution is -0.140. The van der Waals surface area contributed by atoms with Crippen molar-refractivity contribution in [1.82, 2.24) is 9.80 Å². The van der Waals surface area contributed by atoms with Gasteiger partial charge in [-0.15, -0.1) is 0 Å². The molecule has 2 fully saturated rings. The summed E-state index contributed by atoms with van der Waals surface area (Å²) in [6, 6.07) is 10.4. The summed E-state index contributed by atoms with van der Waals surface area (Å²) in [5.74, 6) is -1.02. The van der Waals surface area contributed by atoms with Crippen molar-refractivity contribution in [3.8, 4) is 17.2 Å². The smallest absolute Gasteiger partial charge is 0.295 e. The molecular weight excluding hydrogens is 464 g/mol. The van der Waals surface area contributed by atoms with Crippen LogP contribution in [-0.4, -0.2) is 84.8 Å². The molecule has 2 N–H and O–H groups in total. The molecule has 2 aliphatic heterocycles. The summed E-state index contributed by atoms with van der Waals surface area (Å²) < 4.78 is 16.1. The molecule has 0 bridgehead atoms. The number of amides is 1. The Morgan fingerprint density at radius 1 is 1.14 bits per heavy atom. The van der Waals surface area contributed by atoms with Gasteiger partial charge in [0, 0.05) is 31.7 Å². The van der Waals surface area contributed by atoms with Gasteiger partial charge in [0.05, 0.1) is 31.9 Å². The van der Waals surface area contributed by atoms with Gasteiger partial charge >= 0.3 is 0 Å². The molecule has 1 amide bonds. The first-order valence-electron chi connectivity index (χ1n) is 11.7. The Balaban J connectivity index is 1.73. The minimum Gasteiger partial charge on any atom is -0.507 e. The maximum Gasteiger partial charge on any atom is 0.295 e. The van der Waals surface area contributed by atoms with E-state index in [1.54, 1.807) is 42.5 Å². The number of hydrogen-bond donors (Lipinski definition) is 2. The number of methoxy groups -OCH3 is 1. The highest BCUT2D eigenvalue weighted by Gasteiger charge is 2.46. The van der Waals surface area contributed by atoms with Gasteiger partial charge in [0.25, 0.3) is 11.7 Å². The largest absolute Gasteiger partial charge is 0.507 e. The van der Waals surface area contributed by atoms with Crippen molar-refractivity contribution in [3.63, 3.8) is 0 Å². The van der Waals surface area contributed by atoms with Gasteiger partial charge in [-0.05, 0) is 42.0 Å². The molecule has 2 aromatic carbocycles. The monoisotopic (exact) mass is 494 g/mol. The van der Waals surface area contributed by atoms with Crippen LogP contribution in [0.3, 0.4) is 0 Å². The maximum atomic E-state index is 13.2. The lowest BCUT2D eigenvalue weighted by atomic mass is 9.95. The van der Waals surface area contributed by atoms with Crippen LogP contribution in [0.15, 0.2) is 60.7 Å². The highest BCUT2D eigenvalue weighted by atomic mass is 16.5. The summed E-state index contributed by atoms with van der Waals surface area (Å²) in [5.41, 5.74) is 0.899. The second-order valence-electron chi connectivity index (χ2n) is 8.50. The Hall–Kier alpha value is -3.82. The number of morpholine rings is 1. The predicted molar refractivity (Wildman–Crippen MR) is 133 cm³/mol. The van der Waals surface area contributed by atoms with Crippen LogP contribution in [0.5, 0.6) is 17.2 Å². The van der Waals surface area contributed by atoms with Crippen molar-refractivity contribution in [2.75, 3.05) is 53.1 Å². The molecule has 36 heavy (non-hydrogen) atoms. The number of rotatable bonds is 9. The predicted octanol–water partition coefficient (Wildman–Crippen LogP) is 2.72. The van der Waals surface area contributed by atoms with Crippen LogP contribution in [0.25, 0.3) is 5.76 Å². The number of ketones is 1. The van der Waals surface area contributed by atoms with E-state index in [-0.39, 0.29) is 29.4 Å². The number of aliphatic hydroxyl groups is 1. The van der Waals surface area contributed by atoms with Gasteiger partial charge in [0.2, 0.25) is 0 Å². The number of ether oxygens (including phenoxy) is 3. The van der Waals surface area contributed by atoms with Crippen LogP contribution in [0.1, 0.15) is 17.2 Å². The van der Waals surface area contributed by atoms with Gasteiger partial charge in [-0.2, -0.15) is 0 Å². The summed E-state index contributed by atoms with van der Waals surface area (Å²) in [6.45, 7) is 7.49. The normalized spacial score (nSPS) is 19.9. The Morgan fingerprint density at radius 2 is 1.86 bits per heavy atom. The third kappa shape index (κ3) is 5.22. The molecule has 0 aromatic heterocycles. The van der Waals surface area contributed by atoms with Gasteiger partial charge in [-0.25, -0.2) is 0 Å². The minimum absolute atomic E-state index is 0.0190. The van der Waals surface area contributed by atoms with Crippen LogP contribution in [0.4, 0.5) is 0 Å². The molecule has 2 saturated heterocycles. The van der Waals surface area contributed by atoms with Crippen molar-refractivity contribution in [2.45, 2.75) is 6.04 Å². The molecule has 0 unspecified atom stereocenters. The van der Waals surface area contributed by atoms with Crippen molar-refractivity contribution >= 4 is 17.4 Å². The number of likely N-dealkylation sites (tertiary alicyclic amines) is 1. The van der Waals surface area contributed by atoms with E-state index in [1.807, 2.05) is 0 Å². The fraction of sp³-hybridized carbons (Fsp3) is 0.333. The molecule has 0 saturated carbocycles. The SMILES string of the molecule is C=CCOc1ccc(C(O)=C2C(=O)C(=O)N(CCN3CCOCC3)[C@H]2c2ccc(O)c(OC)c2)cc1. The average Bonchev–Trinajstić information content (AvgIpc) is 3.16. The van der Waals surface area contributed by atoms with Crippen LogP contribution in [0, 0.1) is 0 Å². The van der Waals surface area contributed by atoms with Gasteiger partial charge in [-0.1, -0.05) is 18.7 Å². The number of benzene rings is 2. The molecule has 190 valence electrons. The Morgan fingerprint density at radius 3 is 2.53 bits per heavy atom. The average molecular weight is 495 g/mol. The van der Waals surface area contributed by atoms with E-state index in [4.69, 9.17) is 14.2 Å². The number of carbonyl (C=O) groups excluding carboxylic acids is 2. The Bertz CT molecular complexity index is 1150. The topological polar surface area (TPSA) is 109 Å². The highest BCUT2D eigenvalue weighted by Crippen LogP contribution is 2.41. The fourth-order valence-corrected chi connectivity index (χ4v) is 4.42. The zero-order valence-electron chi connectivity index (χ0n) is 20.2. The maximum absolute atomic E-state index is 13.2. The van der Waals surface area contributed by atoms with Crippen molar-refractivity contribution < 1.29 is 34.0 Å². The third-order valence-corrected chi connectivity index (χ3v) is 6.32. The van der Waals surface area contributed by atoms with Crippen LogP contribution >= 0.6 is 0 Å². The molecular formula is C27H30N2O7. The number of carbonyl (C=O) groups is 2. The first kappa shape index (κ1) is 25.3. The third-order valence-electron chi connectivity index (χ3n) is 6.32. The second kappa shape index (κ2) is 11.3. The highest BCUT2D eigenvalue weighted by molar-refractivity contribution is 6.46. The van der Waals surface area contributed by atoms with E-state index < -0.39 is 17.7 Å². The van der Waals surface area contributed by atoms with E-state index in [0.29, 0.717) is 43.2 Å². The molecule has 0 aliphatic carbocycles. The Kier molecular flexibility index (Phi) is 7.92. The fourth-order valence-electron chi connectivity index (χ4n) is 4.42. The zero-order valence-corrected chi connectivity index (χ0v) is 20.2. The number of hydrogen-bond acceptors (Lipinski definition) is 8. The molecule has 2 heterocycles. The van der Waals surface area contributed by atoms with Gasteiger partial charge in [-0.3, -0.25) is 14.5 Å². The minimum atomic E-state index is -0.850. The standard InChI is InChI=1S/C27H30N2O7/c1-3-14-36-20-7-4-18(5-8-20)25(31)23-24(19-6-9-21(30)22(17-19)34-2)29(27(33)26(23)32)11-10-28-12-15-35-16-13-28/h3-9,17,24,30-31H,1,10-16H2,2H3/t24-/m0/s1. The molecule has 9 heteroatoms. The lowest BCUT2D eigenvalue weighted by Gasteiger charge is -2.31. The molecule has 0 spiro atoms. The summed E-state index contributed by atoms with van der Waals surface area (Å²) in [7, 11) is 1.42. The van der Waals surface area contributed by atoms with E-state index in [9.17, 15) is 19.8 Å². The summed E-state index contributed by atoms with van der Waals surface area (Å²) in [5, 5.41) is 21.3. The molecule has 1 atom stereocenters. The van der Waals surface area contributed by atoms with Crippen molar-refractivity contribution in [3.05, 3.63) is 71.8 Å². The molecule has 2 aromatic rings.